The Morgan fingerprint density at radius 1 is 1.75 bits per heavy atom. The third-order valence-electron chi connectivity index (χ3n) is 2.32. The molecule has 0 bridgehead atoms. The topological polar surface area (TPSA) is 83.0 Å². The standard InChI is InChI=1S/C9H9ClN4OS/c10-8-6(3-11)9(16-13-8)14(4-7(12)15)5-1-2-5/h5H,1-2,4H2,(H2,12,15). The zero-order valence-corrected chi connectivity index (χ0v) is 9.88. The number of amides is 1. The Kier molecular flexibility index (Phi) is 2.99. The maximum atomic E-state index is 11.0. The van der Waals surface area contributed by atoms with Crippen molar-refractivity contribution < 1.29 is 4.79 Å². The summed E-state index contributed by atoms with van der Waals surface area (Å²) in [4.78, 5) is 12.8. The number of nitriles is 1. The Morgan fingerprint density at radius 2 is 2.44 bits per heavy atom. The number of halogens is 1. The first-order valence-electron chi connectivity index (χ1n) is 4.73. The van der Waals surface area contributed by atoms with Crippen molar-refractivity contribution in [3.8, 4) is 6.07 Å². The van der Waals surface area contributed by atoms with Crippen LogP contribution in [0.15, 0.2) is 0 Å². The fourth-order valence-corrected chi connectivity index (χ4v) is 2.57. The van der Waals surface area contributed by atoms with E-state index in [9.17, 15) is 4.79 Å². The summed E-state index contributed by atoms with van der Waals surface area (Å²) in [5.41, 5.74) is 5.52. The predicted octanol–water partition coefficient (Wildman–Crippen LogP) is 1.12. The number of carbonyl (C=O) groups is 1. The van der Waals surface area contributed by atoms with E-state index in [2.05, 4.69) is 4.37 Å². The molecule has 0 aromatic carbocycles. The molecule has 16 heavy (non-hydrogen) atoms. The van der Waals surface area contributed by atoms with Crippen LogP contribution in [-0.4, -0.2) is 22.9 Å². The number of hydrogen-bond acceptors (Lipinski definition) is 5. The number of aromatic nitrogens is 1. The van der Waals surface area contributed by atoms with Crippen molar-refractivity contribution in [1.82, 2.24) is 4.37 Å². The van der Waals surface area contributed by atoms with Gasteiger partial charge in [0.25, 0.3) is 0 Å². The van der Waals surface area contributed by atoms with E-state index in [1.165, 1.54) is 0 Å². The molecule has 1 aliphatic rings. The minimum absolute atomic E-state index is 0.109. The molecule has 2 N–H and O–H groups in total. The Balaban J connectivity index is 2.31. The van der Waals surface area contributed by atoms with Gasteiger partial charge in [-0.3, -0.25) is 4.79 Å². The van der Waals surface area contributed by atoms with E-state index in [-0.39, 0.29) is 17.7 Å². The maximum Gasteiger partial charge on any atom is 0.236 e. The van der Waals surface area contributed by atoms with E-state index < -0.39 is 5.91 Å². The number of hydrogen-bond donors (Lipinski definition) is 1. The normalized spacial score (nSPS) is 14.5. The molecule has 84 valence electrons. The molecular weight excluding hydrogens is 248 g/mol. The summed E-state index contributed by atoms with van der Waals surface area (Å²) in [5, 5.41) is 9.80. The number of anilines is 1. The van der Waals surface area contributed by atoms with Gasteiger partial charge in [-0.1, -0.05) is 11.6 Å². The highest BCUT2D eigenvalue weighted by molar-refractivity contribution is 7.10. The lowest BCUT2D eigenvalue weighted by molar-refractivity contribution is -0.116. The first-order valence-corrected chi connectivity index (χ1v) is 5.89. The van der Waals surface area contributed by atoms with Crippen LogP contribution in [0.3, 0.4) is 0 Å². The van der Waals surface area contributed by atoms with Gasteiger partial charge in [0.15, 0.2) is 5.15 Å². The molecule has 0 atom stereocenters. The molecule has 5 nitrogen and oxygen atoms in total. The van der Waals surface area contributed by atoms with Gasteiger partial charge >= 0.3 is 0 Å². The van der Waals surface area contributed by atoms with E-state index in [4.69, 9.17) is 22.6 Å². The van der Waals surface area contributed by atoms with Crippen LogP contribution >= 0.6 is 23.1 Å². The van der Waals surface area contributed by atoms with Gasteiger partial charge in [0.05, 0.1) is 6.54 Å². The van der Waals surface area contributed by atoms with Crippen molar-refractivity contribution in [2.24, 2.45) is 5.73 Å². The predicted molar refractivity (Wildman–Crippen MR) is 61.4 cm³/mol. The third-order valence-corrected chi connectivity index (χ3v) is 3.58. The second-order valence-electron chi connectivity index (χ2n) is 3.59. The summed E-state index contributed by atoms with van der Waals surface area (Å²) in [5.74, 6) is -0.416. The first-order chi connectivity index (χ1) is 7.63. The van der Waals surface area contributed by atoms with Crippen molar-refractivity contribution >= 4 is 34.0 Å². The van der Waals surface area contributed by atoms with Gasteiger partial charge in [0.1, 0.15) is 16.6 Å². The Hall–Kier alpha value is -1.32. The number of nitrogens with zero attached hydrogens (tertiary/aromatic N) is 3. The molecule has 2 rings (SSSR count). The van der Waals surface area contributed by atoms with Crippen LogP contribution in [0, 0.1) is 11.3 Å². The minimum Gasteiger partial charge on any atom is -0.368 e. The molecule has 1 aliphatic carbocycles. The first kappa shape index (κ1) is 11.2. The maximum absolute atomic E-state index is 11.0. The van der Waals surface area contributed by atoms with Crippen LogP contribution in [0.4, 0.5) is 5.00 Å². The fraction of sp³-hybridized carbons (Fsp3) is 0.444. The van der Waals surface area contributed by atoms with Crippen molar-refractivity contribution in [3.63, 3.8) is 0 Å². The molecule has 1 fully saturated rings. The number of rotatable bonds is 4. The molecule has 7 heteroatoms. The fourth-order valence-electron chi connectivity index (χ4n) is 1.47. The van der Waals surface area contributed by atoms with E-state index in [1.54, 1.807) is 0 Å². The molecule has 1 aromatic heterocycles. The molecular formula is C9H9ClN4OS. The molecule has 0 radical (unpaired) electrons. The van der Waals surface area contributed by atoms with E-state index in [1.807, 2.05) is 11.0 Å². The van der Waals surface area contributed by atoms with E-state index in [0.717, 1.165) is 24.4 Å². The van der Waals surface area contributed by atoms with Crippen molar-refractivity contribution in [2.75, 3.05) is 11.4 Å². The molecule has 1 aromatic rings. The third kappa shape index (κ3) is 2.10. The minimum atomic E-state index is -0.416. The highest BCUT2D eigenvalue weighted by Gasteiger charge is 2.33. The SMILES string of the molecule is N#Cc1c(Cl)nsc1N(CC(N)=O)C1CC1. The van der Waals surface area contributed by atoms with Gasteiger partial charge in [-0.25, -0.2) is 0 Å². The van der Waals surface area contributed by atoms with Gasteiger partial charge in [-0.2, -0.15) is 9.64 Å². The second-order valence-corrected chi connectivity index (χ2v) is 4.70. The van der Waals surface area contributed by atoms with Gasteiger partial charge < -0.3 is 10.6 Å². The molecule has 1 heterocycles. The van der Waals surface area contributed by atoms with Gasteiger partial charge in [-0.05, 0) is 24.4 Å². The molecule has 0 unspecified atom stereocenters. The van der Waals surface area contributed by atoms with Crippen LogP contribution < -0.4 is 10.6 Å². The average molecular weight is 257 g/mol. The second kappa shape index (κ2) is 4.28. The lowest BCUT2D eigenvalue weighted by Crippen LogP contribution is -2.35. The highest BCUT2D eigenvalue weighted by atomic mass is 35.5. The quantitative estimate of drug-likeness (QED) is 0.875. The zero-order valence-electron chi connectivity index (χ0n) is 8.31. The molecule has 1 saturated carbocycles. The lowest BCUT2D eigenvalue weighted by Gasteiger charge is -2.20. The summed E-state index contributed by atoms with van der Waals surface area (Å²) >= 11 is 6.92. The van der Waals surface area contributed by atoms with E-state index >= 15 is 0 Å². The van der Waals surface area contributed by atoms with Crippen molar-refractivity contribution in [1.29, 1.82) is 5.26 Å². The Morgan fingerprint density at radius 3 is 2.94 bits per heavy atom. The Labute approximate surface area is 102 Å². The van der Waals surface area contributed by atoms with Crippen molar-refractivity contribution in [2.45, 2.75) is 18.9 Å². The monoisotopic (exact) mass is 256 g/mol. The lowest BCUT2D eigenvalue weighted by atomic mass is 10.3. The molecule has 0 aliphatic heterocycles. The van der Waals surface area contributed by atoms with Crippen LogP contribution in [-0.2, 0) is 4.79 Å². The highest BCUT2D eigenvalue weighted by Crippen LogP contribution is 2.38. The zero-order chi connectivity index (χ0) is 11.7. The number of nitrogens with two attached hydrogens (primary N) is 1. The smallest absolute Gasteiger partial charge is 0.236 e. The molecule has 1 amide bonds. The molecule has 0 spiro atoms. The van der Waals surface area contributed by atoms with Crippen LogP contribution in [0.5, 0.6) is 0 Å². The van der Waals surface area contributed by atoms with Crippen LogP contribution in [0.1, 0.15) is 18.4 Å². The summed E-state index contributed by atoms with van der Waals surface area (Å²) in [6.45, 7) is 0.109. The summed E-state index contributed by atoms with van der Waals surface area (Å²) in [7, 11) is 0. The number of primary amides is 1. The summed E-state index contributed by atoms with van der Waals surface area (Å²) < 4.78 is 3.92. The van der Waals surface area contributed by atoms with Crippen molar-refractivity contribution in [3.05, 3.63) is 10.7 Å². The number of carbonyl (C=O) groups excluding carboxylic acids is 1. The van der Waals surface area contributed by atoms with Crippen LogP contribution in [0.2, 0.25) is 5.15 Å². The molecule has 0 saturated heterocycles. The van der Waals surface area contributed by atoms with Crippen LogP contribution in [0.25, 0.3) is 0 Å². The van der Waals surface area contributed by atoms with Gasteiger partial charge in [0.2, 0.25) is 5.91 Å². The van der Waals surface area contributed by atoms with Gasteiger partial charge in [0, 0.05) is 6.04 Å². The summed E-state index contributed by atoms with van der Waals surface area (Å²) in [6, 6.07) is 2.29. The largest absolute Gasteiger partial charge is 0.368 e. The van der Waals surface area contributed by atoms with E-state index in [0.29, 0.717) is 10.6 Å². The van der Waals surface area contributed by atoms with Gasteiger partial charge in [-0.15, -0.1) is 0 Å². The summed E-state index contributed by atoms with van der Waals surface area (Å²) in [6.07, 6.45) is 2.02. The average Bonchev–Trinajstić information content (AvgIpc) is 2.99. The Bertz CT molecular complexity index is 463.